The molecule has 20 heavy (non-hydrogen) atoms. The maximum Gasteiger partial charge on any atom is 0.269 e. The van der Waals surface area contributed by atoms with E-state index in [0.717, 1.165) is 11.1 Å². The molecule has 0 bridgehead atoms. The fourth-order valence-electron chi connectivity index (χ4n) is 1.78. The van der Waals surface area contributed by atoms with Gasteiger partial charge in [0, 0.05) is 25.2 Å². The predicted molar refractivity (Wildman–Crippen MR) is 77.7 cm³/mol. The third-order valence-electron chi connectivity index (χ3n) is 2.76. The Bertz CT molecular complexity index is 634. The van der Waals surface area contributed by atoms with Crippen molar-refractivity contribution in [1.29, 1.82) is 0 Å². The van der Waals surface area contributed by atoms with Crippen molar-refractivity contribution in [3.05, 3.63) is 74.0 Å². The average Bonchev–Trinajstić information content (AvgIpc) is 2.43. The fraction of sp³-hybridized carbons (Fsp3) is 0.143. The SMILES string of the molecule is O=[N+]([O-])c1cccc(CNCc2ccc(Br)c(F)c2)c1. The molecular formula is C14H12BrFN2O2. The molecule has 0 radical (unpaired) electrons. The molecule has 2 aromatic carbocycles. The Morgan fingerprint density at radius 1 is 1.15 bits per heavy atom. The Balaban J connectivity index is 1.94. The van der Waals surface area contributed by atoms with Crippen LogP contribution in [0.2, 0.25) is 0 Å². The largest absolute Gasteiger partial charge is 0.309 e. The lowest BCUT2D eigenvalue weighted by Gasteiger charge is -2.06. The van der Waals surface area contributed by atoms with Crippen LogP contribution in [0.5, 0.6) is 0 Å². The normalized spacial score (nSPS) is 10.5. The highest BCUT2D eigenvalue weighted by atomic mass is 79.9. The van der Waals surface area contributed by atoms with Gasteiger partial charge < -0.3 is 5.32 Å². The molecule has 0 amide bonds. The highest BCUT2D eigenvalue weighted by Gasteiger charge is 2.05. The van der Waals surface area contributed by atoms with Crippen molar-refractivity contribution in [2.45, 2.75) is 13.1 Å². The lowest BCUT2D eigenvalue weighted by Crippen LogP contribution is -2.12. The van der Waals surface area contributed by atoms with Crippen molar-refractivity contribution < 1.29 is 9.31 Å². The van der Waals surface area contributed by atoms with Gasteiger partial charge in [-0.25, -0.2) is 4.39 Å². The summed E-state index contributed by atoms with van der Waals surface area (Å²) in [6.07, 6.45) is 0. The molecule has 6 heteroatoms. The third kappa shape index (κ3) is 3.85. The summed E-state index contributed by atoms with van der Waals surface area (Å²) in [5.41, 5.74) is 1.70. The van der Waals surface area contributed by atoms with E-state index < -0.39 is 4.92 Å². The average molecular weight is 339 g/mol. The molecule has 0 saturated heterocycles. The van der Waals surface area contributed by atoms with Gasteiger partial charge in [-0.15, -0.1) is 0 Å². The van der Waals surface area contributed by atoms with E-state index in [1.165, 1.54) is 18.2 Å². The van der Waals surface area contributed by atoms with E-state index in [1.807, 2.05) is 12.1 Å². The molecule has 104 valence electrons. The lowest BCUT2D eigenvalue weighted by atomic mass is 10.2. The number of nitrogens with zero attached hydrogens (tertiary/aromatic N) is 1. The van der Waals surface area contributed by atoms with Crippen LogP contribution in [0.4, 0.5) is 10.1 Å². The smallest absolute Gasteiger partial charge is 0.269 e. The zero-order chi connectivity index (χ0) is 14.5. The zero-order valence-corrected chi connectivity index (χ0v) is 12.1. The van der Waals surface area contributed by atoms with E-state index >= 15 is 0 Å². The van der Waals surface area contributed by atoms with Crippen LogP contribution in [0.25, 0.3) is 0 Å². The van der Waals surface area contributed by atoms with Gasteiger partial charge in [0.2, 0.25) is 0 Å². The topological polar surface area (TPSA) is 55.2 Å². The Hall–Kier alpha value is -1.79. The van der Waals surface area contributed by atoms with Gasteiger partial charge in [0.05, 0.1) is 9.40 Å². The molecule has 0 aliphatic carbocycles. The lowest BCUT2D eigenvalue weighted by molar-refractivity contribution is -0.384. The fourth-order valence-corrected chi connectivity index (χ4v) is 2.03. The van der Waals surface area contributed by atoms with E-state index in [1.54, 1.807) is 12.1 Å². The van der Waals surface area contributed by atoms with Gasteiger partial charge in [0.1, 0.15) is 5.82 Å². The first-order chi connectivity index (χ1) is 9.56. The molecule has 0 aromatic heterocycles. The Morgan fingerprint density at radius 3 is 2.50 bits per heavy atom. The first kappa shape index (κ1) is 14.6. The summed E-state index contributed by atoms with van der Waals surface area (Å²) in [5, 5.41) is 13.8. The Morgan fingerprint density at radius 2 is 1.85 bits per heavy atom. The van der Waals surface area contributed by atoms with Crippen LogP contribution < -0.4 is 5.32 Å². The second-order valence-corrected chi connectivity index (χ2v) is 5.13. The maximum absolute atomic E-state index is 13.3. The first-order valence-electron chi connectivity index (χ1n) is 5.94. The van der Waals surface area contributed by atoms with E-state index in [2.05, 4.69) is 21.2 Å². The van der Waals surface area contributed by atoms with Crippen LogP contribution >= 0.6 is 15.9 Å². The highest BCUT2D eigenvalue weighted by molar-refractivity contribution is 9.10. The molecule has 4 nitrogen and oxygen atoms in total. The highest BCUT2D eigenvalue weighted by Crippen LogP contribution is 2.16. The van der Waals surface area contributed by atoms with Gasteiger partial charge in [-0.1, -0.05) is 18.2 Å². The van der Waals surface area contributed by atoms with Crippen molar-refractivity contribution in [2.24, 2.45) is 0 Å². The van der Waals surface area contributed by atoms with Crippen molar-refractivity contribution in [2.75, 3.05) is 0 Å². The number of nitro benzene ring substituents is 1. The van der Waals surface area contributed by atoms with E-state index in [0.29, 0.717) is 17.6 Å². The molecule has 0 aliphatic rings. The maximum atomic E-state index is 13.3. The summed E-state index contributed by atoms with van der Waals surface area (Å²) >= 11 is 3.10. The number of non-ortho nitro benzene ring substituents is 1. The number of benzene rings is 2. The molecule has 0 heterocycles. The molecule has 0 aliphatic heterocycles. The molecule has 1 N–H and O–H groups in total. The Labute approximate surface area is 123 Å². The summed E-state index contributed by atoms with van der Waals surface area (Å²) in [7, 11) is 0. The summed E-state index contributed by atoms with van der Waals surface area (Å²) < 4.78 is 13.8. The molecule has 0 spiro atoms. The molecular weight excluding hydrogens is 327 g/mol. The van der Waals surface area contributed by atoms with Crippen LogP contribution in [-0.4, -0.2) is 4.92 Å². The zero-order valence-electron chi connectivity index (χ0n) is 10.5. The minimum atomic E-state index is -0.423. The van der Waals surface area contributed by atoms with Gasteiger partial charge in [-0.3, -0.25) is 10.1 Å². The number of rotatable bonds is 5. The second-order valence-electron chi connectivity index (χ2n) is 4.28. The van der Waals surface area contributed by atoms with Crippen LogP contribution in [0.15, 0.2) is 46.9 Å². The number of nitro groups is 1. The molecule has 2 aromatic rings. The number of nitrogens with one attached hydrogen (secondary N) is 1. The van der Waals surface area contributed by atoms with Crippen LogP contribution in [0.1, 0.15) is 11.1 Å². The van der Waals surface area contributed by atoms with E-state index in [-0.39, 0.29) is 11.5 Å². The monoisotopic (exact) mass is 338 g/mol. The molecule has 0 atom stereocenters. The second kappa shape index (κ2) is 6.58. The number of hydrogen-bond acceptors (Lipinski definition) is 3. The molecule has 0 saturated carbocycles. The van der Waals surface area contributed by atoms with Crippen molar-refractivity contribution in [1.82, 2.24) is 5.32 Å². The minimum Gasteiger partial charge on any atom is -0.309 e. The summed E-state index contributed by atoms with van der Waals surface area (Å²) in [6, 6.07) is 11.3. The van der Waals surface area contributed by atoms with Crippen LogP contribution in [0.3, 0.4) is 0 Å². The van der Waals surface area contributed by atoms with Crippen LogP contribution in [-0.2, 0) is 13.1 Å². The molecule has 0 fully saturated rings. The van der Waals surface area contributed by atoms with Gasteiger partial charge >= 0.3 is 0 Å². The number of halogens is 2. The molecule has 2 rings (SSSR count). The summed E-state index contributed by atoms with van der Waals surface area (Å²) in [5.74, 6) is -0.306. The standard InChI is InChI=1S/C14H12BrFN2O2/c15-13-5-4-11(7-14(13)16)9-17-8-10-2-1-3-12(6-10)18(19)20/h1-7,17H,8-9H2. The minimum absolute atomic E-state index is 0.0685. The van der Waals surface area contributed by atoms with Crippen LogP contribution in [0, 0.1) is 15.9 Å². The molecule has 0 unspecified atom stereocenters. The van der Waals surface area contributed by atoms with Crippen molar-refractivity contribution >= 4 is 21.6 Å². The van der Waals surface area contributed by atoms with Gasteiger partial charge in [0.25, 0.3) is 5.69 Å². The Kier molecular flexibility index (Phi) is 4.81. The summed E-state index contributed by atoms with van der Waals surface area (Å²) in [6.45, 7) is 0.978. The van der Waals surface area contributed by atoms with Crippen molar-refractivity contribution in [3.63, 3.8) is 0 Å². The quantitative estimate of drug-likeness (QED) is 0.666. The van der Waals surface area contributed by atoms with Gasteiger partial charge in [-0.05, 0) is 39.2 Å². The van der Waals surface area contributed by atoms with E-state index in [4.69, 9.17) is 0 Å². The first-order valence-corrected chi connectivity index (χ1v) is 6.73. The van der Waals surface area contributed by atoms with Crippen molar-refractivity contribution in [3.8, 4) is 0 Å². The number of hydrogen-bond donors (Lipinski definition) is 1. The predicted octanol–water partition coefficient (Wildman–Crippen LogP) is 3.79. The van der Waals surface area contributed by atoms with Gasteiger partial charge in [-0.2, -0.15) is 0 Å². The van der Waals surface area contributed by atoms with Gasteiger partial charge in [0.15, 0.2) is 0 Å². The third-order valence-corrected chi connectivity index (χ3v) is 3.41. The van der Waals surface area contributed by atoms with E-state index in [9.17, 15) is 14.5 Å². The summed E-state index contributed by atoms with van der Waals surface area (Å²) in [4.78, 5) is 10.2.